The van der Waals surface area contributed by atoms with E-state index in [0.29, 0.717) is 12.1 Å². The van der Waals surface area contributed by atoms with Crippen LogP contribution in [0.1, 0.15) is 32.3 Å². The van der Waals surface area contributed by atoms with Crippen molar-refractivity contribution in [2.75, 3.05) is 31.6 Å². The van der Waals surface area contributed by atoms with Gasteiger partial charge in [-0.3, -0.25) is 9.89 Å². The minimum atomic E-state index is 0.474. The normalized spacial score (nSPS) is 21.9. The van der Waals surface area contributed by atoms with E-state index in [9.17, 15) is 0 Å². The van der Waals surface area contributed by atoms with Gasteiger partial charge in [-0.1, -0.05) is 30.3 Å². The third kappa shape index (κ3) is 6.36. The van der Waals surface area contributed by atoms with Crippen molar-refractivity contribution < 1.29 is 0 Å². The van der Waals surface area contributed by atoms with Crippen molar-refractivity contribution in [2.24, 2.45) is 4.99 Å². The van der Waals surface area contributed by atoms with E-state index in [1.54, 1.807) is 0 Å². The molecule has 0 aliphatic carbocycles. The average Bonchev–Trinajstić information content (AvgIpc) is 2.92. The van der Waals surface area contributed by atoms with Gasteiger partial charge in [-0.15, -0.1) is 0 Å². The summed E-state index contributed by atoms with van der Waals surface area (Å²) >= 11 is 1.88. The Balaban J connectivity index is 1.85. The van der Waals surface area contributed by atoms with Gasteiger partial charge in [-0.05, 0) is 44.3 Å². The Hall–Kier alpha value is -1.20. The van der Waals surface area contributed by atoms with Crippen molar-refractivity contribution in [3.63, 3.8) is 0 Å². The molecule has 1 fully saturated rings. The van der Waals surface area contributed by atoms with Crippen LogP contribution in [0.25, 0.3) is 0 Å². The van der Waals surface area contributed by atoms with Crippen LogP contribution in [-0.4, -0.2) is 54.6 Å². The summed E-state index contributed by atoms with van der Waals surface area (Å²) in [5.41, 5.74) is 1.39. The van der Waals surface area contributed by atoms with E-state index in [0.717, 1.165) is 38.6 Å². The Morgan fingerprint density at radius 3 is 2.83 bits per heavy atom. The van der Waals surface area contributed by atoms with E-state index in [1.165, 1.54) is 17.7 Å². The Labute approximate surface area is 151 Å². The van der Waals surface area contributed by atoms with E-state index in [-0.39, 0.29) is 0 Å². The van der Waals surface area contributed by atoms with E-state index in [2.05, 4.69) is 66.0 Å². The summed E-state index contributed by atoms with van der Waals surface area (Å²) in [5, 5.41) is 7.01. The highest BCUT2D eigenvalue weighted by Crippen LogP contribution is 2.20. The number of nitrogens with one attached hydrogen (secondary N) is 2. The molecule has 1 aromatic carbocycles. The fourth-order valence-corrected chi connectivity index (χ4v) is 3.57. The molecule has 1 aliphatic heterocycles. The second kappa shape index (κ2) is 10.6. The monoisotopic (exact) mass is 348 g/mol. The molecule has 4 nitrogen and oxygen atoms in total. The number of likely N-dealkylation sites (tertiary alicyclic amines) is 1. The highest BCUT2D eigenvalue weighted by atomic mass is 32.2. The quantitative estimate of drug-likeness (QED) is 0.430. The zero-order valence-electron chi connectivity index (χ0n) is 15.3. The van der Waals surface area contributed by atoms with Crippen LogP contribution in [0.5, 0.6) is 0 Å². The van der Waals surface area contributed by atoms with E-state index in [1.807, 2.05) is 11.8 Å². The van der Waals surface area contributed by atoms with Crippen molar-refractivity contribution in [3.05, 3.63) is 35.9 Å². The minimum absolute atomic E-state index is 0.474. The van der Waals surface area contributed by atoms with Gasteiger partial charge in [-0.2, -0.15) is 11.8 Å². The van der Waals surface area contributed by atoms with Crippen molar-refractivity contribution >= 4 is 17.7 Å². The Morgan fingerprint density at radius 2 is 2.12 bits per heavy atom. The molecule has 1 heterocycles. The standard InChI is InChI=1S/C19H32N4S/c1-4-20-19(21-11-8-12-24-3)22-18-13-16(2)23(15-18)14-17-9-6-5-7-10-17/h5-7,9-10,16,18H,4,8,11-15H2,1-3H3,(H2,20,21,22). The predicted molar refractivity (Wildman–Crippen MR) is 107 cm³/mol. The Kier molecular flexibility index (Phi) is 8.47. The second-order valence-corrected chi connectivity index (χ2v) is 7.43. The maximum absolute atomic E-state index is 4.71. The number of nitrogens with zero attached hydrogens (tertiary/aromatic N) is 2. The molecule has 0 spiro atoms. The number of aliphatic imine (C=N–C) groups is 1. The molecule has 0 saturated carbocycles. The molecule has 2 rings (SSSR count). The van der Waals surface area contributed by atoms with Gasteiger partial charge >= 0.3 is 0 Å². The summed E-state index contributed by atoms with van der Waals surface area (Å²) in [6.07, 6.45) is 4.45. The highest BCUT2D eigenvalue weighted by Gasteiger charge is 2.29. The van der Waals surface area contributed by atoms with Crippen LogP contribution in [0, 0.1) is 0 Å². The van der Waals surface area contributed by atoms with Crippen LogP contribution >= 0.6 is 11.8 Å². The van der Waals surface area contributed by atoms with Crippen LogP contribution in [0.3, 0.4) is 0 Å². The van der Waals surface area contributed by atoms with Crippen LogP contribution in [0.2, 0.25) is 0 Å². The molecule has 0 amide bonds. The first kappa shape index (κ1) is 19.1. The van der Waals surface area contributed by atoms with Gasteiger partial charge in [0.05, 0.1) is 0 Å². The van der Waals surface area contributed by atoms with Gasteiger partial charge in [-0.25, -0.2) is 0 Å². The van der Waals surface area contributed by atoms with Crippen LogP contribution in [-0.2, 0) is 6.54 Å². The number of rotatable bonds is 8. The highest BCUT2D eigenvalue weighted by molar-refractivity contribution is 7.98. The molecule has 0 aromatic heterocycles. The Morgan fingerprint density at radius 1 is 1.33 bits per heavy atom. The molecule has 2 atom stereocenters. The third-order valence-corrected chi connectivity index (χ3v) is 5.09. The molecule has 1 saturated heterocycles. The lowest BCUT2D eigenvalue weighted by atomic mass is 10.2. The fourth-order valence-electron chi connectivity index (χ4n) is 3.15. The SMILES string of the molecule is CCNC(=NCCCSC)NC1CC(C)N(Cc2ccccc2)C1. The van der Waals surface area contributed by atoms with Gasteiger partial charge in [0.1, 0.15) is 0 Å². The van der Waals surface area contributed by atoms with Gasteiger partial charge in [0.25, 0.3) is 0 Å². The summed E-state index contributed by atoms with van der Waals surface area (Å²) < 4.78 is 0. The lowest BCUT2D eigenvalue weighted by Crippen LogP contribution is -2.44. The minimum Gasteiger partial charge on any atom is -0.357 e. The first-order valence-electron chi connectivity index (χ1n) is 9.04. The Bertz CT molecular complexity index is 491. The van der Waals surface area contributed by atoms with Gasteiger partial charge in [0.2, 0.25) is 0 Å². The smallest absolute Gasteiger partial charge is 0.191 e. The van der Waals surface area contributed by atoms with Crippen molar-refractivity contribution in [1.82, 2.24) is 15.5 Å². The van der Waals surface area contributed by atoms with Crippen LogP contribution in [0.15, 0.2) is 35.3 Å². The van der Waals surface area contributed by atoms with Crippen molar-refractivity contribution in [1.29, 1.82) is 0 Å². The van der Waals surface area contributed by atoms with Crippen LogP contribution in [0.4, 0.5) is 0 Å². The zero-order valence-corrected chi connectivity index (χ0v) is 16.1. The molecular formula is C19H32N4S. The molecule has 24 heavy (non-hydrogen) atoms. The van der Waals surface area contributed by atoms with Gasteiger partial charge < -0.3 is 10.6 Å². The second-order valence-electron chi connectivity index (χ2n) is 6.45. The molecular weight excluding hydrogens is 316 g/mol. The van der Waals surface area contributed by atoms with Gasteiger partial charge in [0.15, 0.2) is 5.96 Å². The maximum atomic E-state index is 4.71. The van der Waals surface area contributed by atoms with E-state index >= 15 is 0 Å². The molecule has 2 unspecified atom stereocenters. The van der Waals surface area contributed by atoms with E-state index in [4.69, 9.17) is 4.99 Å². The topological polar surface area (TPSA) is 39.7 Å². The summed E-state index contributed by atoms with van der Waals surface area (Å²) in [6.45, 7) is 8.36. The van der Waals surface area contributed by atoms with Crippen molar-refractivity contribution in [2.45, 2.75) is 45.3 Å². The average molecular weight is 349 g/mol. The fraction of sp³-hybridized carbons (Fsp3) is 0.632. The molecule has 1 aromatic rings. The largest absolute Gasteiger partial charge is 0.357 e. The lowest BCUT2D eigenvalue weighted by Gasteiger charge is -2.21. The summed E-state index contributed by atoms with van der Waals surface area (Å²) in [5.74, 6) is 2.14. The number of thioether (sulfide) groups is 1. The molecule has 1 aliphatic rings. The molecule has 2 N–H and O–H groups in total. The van der Waals surface area contributed by atoms with E-state index < -0.39 is 0 Å². The number of hydrogen-bond acceptors (Lipinski definition) is 3. The number of benzene rings is 1. The molecule has 0 radical (unpaired) electrons. The zero-order chi connectivity index (χ0) is 17.2. The van der Waals surface area contributed by atoms with Crippen molar-refractivity contribution in [3.8, 4) is 0 Å². The first-order valence-corrected chi connectivity index (χ1v) is 10.4. The summed E-state index contributed by atoms with van der Waals surface area (Å²) in [6, 6.07) is 11.8. The van der Waals surface area contributed by atoms with Gasteiger partial charge in [0, 0.05) is 38.3 Å². The van der Waals surface area contributed by atoms with Crippen LogP contribution < -0.4 is 10.6 Å². The first-order chi connectivity index (χ1) is 11.7. The predicted octanol–water partition coefficient (Wildman–Crippen LogP) is 2.96. The maximum Gasteiger partial charge on any atom is 0.191 e. The third-order valence-electron chi connectivity index (χ3n) is 4.39. The molecule has 134 valence electrons. The number of hydrogen-bond donors (Lipinski definition) is 2. The summed E-state index contributed by atoms with van der Waals surface area (Å²) in [4.78, 5) is 7.27. The molecule has 5 heteroatoms. The number of guanidine groups is 1. The molecule has 0 bridgehead atoms. The summed E-state index contributed by atoms with van der Waals surface area (Å²) in [7, 11) is 0. The lowest BCUT2D eigenvalue weighted by molar-refractivity contribution is 0.258.